The lowest BCUT2D eigenvalue weighted by atomic mass is 9.98. The molecule has 7 heteroatoms. The van der Waals surface area contributed by atoms with Gasteiger partial charge in [-0.3, -0.25) is 4.79 Å². The monoisotopic (exact) mass is 369 g/mol. The van der Waals surface area contributed by atoms with Crippen LogP contribution in [0.25, 0.3) is 0 Å². The van der Waals surface area contributed by atoms with Crippen LogP contribution in [0.3, 0.4) is 0 Å². The smallest absolute Gasteiger partial charge is 0.263 e. The molecule has 0 N–H and O–H groups in total. The molecule has 1 saturated heterocycles. The average molecular weight is 370 g/mol. The molecule has 0 saturated carbocycles. The Morgan fingerprint density at radius 3 is 2.91 bits per heavy atom. The van der Waals surface area contributed by atoms with Crippen molar-refractivity contribution in [1.82, 2.24) is 15.1 Å². The highest BCUT2D eigenvalue weighted by Gasteiger charge is 2.28. The van der Waals surface area contributed by atoms with E-state index < -0.39 is 0 Å². The summed E-state index contributed by atoms with van der Waals surface area (Å²) < 4.78 is 0.657. The Labute approximate surface area is 149 Å². The number of nitrogens with zero attached hydrogens (tertiary/aromatic N) is 3. The highest BCUT2D eigenvalue weighted by atomic mass is 35.5. The minimum atomic E-state index is 0.0820. The van der Waals surface area contributed by atoms with E-state index in [0.717, 1.165) is 42.4 Å². The van der Waals surface area contributed by atoms with Gasteiger partial charge < -0.3 is 4.90 Å². The maximum Gasteiger partial charge on any atom is 0.263 e. The van der Waals surface area contributed by atoms with Crippen molar-refractivity contribution in [2.24, 2.45) is 5.92 Å². The van der Waals surface area contributed by atoms with E-state index >= 15 is 0 Å². The van der Waals surface area contributed by atoms with Crippen molar-refractivity contribution < 1.29 is 4.79 Å². The van der Waals surface area contributed by atoms with E-state index in [9.17, 15) is 4.79 Å². The fourth-order valence-electron chi connectivity index (χ4n) is 2.81. The number of hydrogen-bond acceptors (Lipinski definition) is 5. The number of rotatable bonds is 4. The van der Waals surface area contributed by atoms with Gasteiger partial charge >= 0.3 is 0 Å². The van der Waals surface area contributed by atoms with Crippen molar-refractivity contribution >= 4 is 40.2 Å². The van der Waals surface area contributed by atoms with Crippen LogP contribution in [-0.4, -0.2) is 34.1 Å². The molecule has 0 spiro atoms. The van der Waals surface area contributed by atoms with Crippen LogP contribution in [0.15, 0.2) is 12.1 Å². The first-order valence-corrected chi connectivity index (χ1v) is 9.91. The highest BCUT2D eigenvalue weighted by molar-refractivity contribution is 7.18. The molecular formula is C16H20ClN3OS2. The van der Waals surface area contributed by atoms with E-state index in [0.29, 0.717) is 21.0 Å². The van der Waals surface area contributed by atoms with Crippen molar-refractivity contribution in [3.8, 4) is 0 Å². The second-order valence-corrected chi connectivity index (χ2v) is 9.13. The molecular weight excluding hydrogens is 350 g/mol. The van der Waals surface area contributed by atoms with Gasteiger partial charge in [-0.15, -0.1) is 32.9 Å². The molecule has 3 rings (SSSR count). The van der Waals surface area contributed by atoms with Gasteiger partial charge in [-0.2, -0.15) is 0 Å². The summed E-state index contributed by atoms with van der Waals surface area (Å²) in [5, 5.41) is 10.9. The second-order valence-electron chi connectivity index (χ2n) is 6.33. The normalized spacial score (nSPS) is 18.6. The average Bonchev–Trinajstić information content (AvgIpc) is 3.15. The third-order valence-electron chi connectivity index (χ3n) is 3.91. The van der Waals surface area contributed by atoms with Gasteiger partial charge in [-0.25, -0.2) is 0 Å². The van der Waals surface area contributed by atoms with Crippen molar-refractivity contribution in [3.63, 3.8) is 0 Å². The fourth-order valence-corrected chi connectivity index (χ4v) is 5.00. The van der Waals surface area contributed by atoms with Crippen LogP contribution in [0.1, 0.15) is 52.3 Å². The molecule has 1 aliphatic rings. The third kappa shape index (κ3) is 4.11. The van der Waals surface area contributed by atoms with Gasteiger partial charge in [-0.05, 0) is 30.9 Å². The van der Waals surface area contributed by atoms with E-state index in [2.05, 4.69) is 24.0 Å². The molecule has 1 atom stereocenters. The largest absolute Gasteiger partial charge is 0.337 e. The SMILES string of the molecule is CC(C)Cc1nnc(C2CCCN(C(=O)c3ccc(Cl)s3)C2)s1. The quantitative estimate of drug-likeness (QED) is 0.798. The summed E-state index contributed by atoms with van der Waals surface area (Å²) in [6.07, 6.45) is 3.06. The summed E-state index contributed by atoms with van der Waals surface area (Å²) in [6, 6.07) is 3.59. The first kappa shape index (κ1) is 16.9. The first-order valence-electron chi connectivity index (χ1n) is 7.90. The topological polar surface area (TPSA) is 46.1 Å². The summed E-state index contributed by atoms with van der Waals surface area (Å²) in [5.74, 6) is 0.976. The summed E-state index contributed by atoms with van der Waals surface area (Å²) >= 11 is 8.99. The number of thiophene rings is 1. The number of amides is 1. The zero-order valence-corrected chi connectivity index (χ0v) is 15.7. The molecule has 0 bridgehead atoms. The van der Waals surface area contributed by atoms with E-state index in [1.165, 1.54) is 11.3 Å². The van der Waals surface area contributed by atoms with Crippen LogP contribution in [0.2, 0.25) is 4.34 Å². The predicted octanol–water partition coefficient (Wildman–Crippen LogP) is 4.47. The molecule has 124 valence electrons. The van der Waals surface area contributed by atoms with Crippen LogP contribution in [0.4, 0.5) is 0 Å². The van der Waals surface area contributed by atoms with Gasteiger partial charge in [0.1, 0.15) is 10.0 Å². The maximum atomic E-state index is 12.6. The lowest BCUT2D eigenvalue weighted by molar-refractivity contribution is 0.0712. The minimum absolute atomic E-state index is 0.0820. The van der Waals surface area contributed by atoms with Gasteiger partial charge in [0, 0.05) is 25.4 Å². The van der Waals surface area contributed by atoms with E-state index in [4.69, 9.17) is 11.6 Å². The summed E-state index contributed by atoms with van der Waals surface area (Å²) in [5.41, 5.74) is 0. The van der Waals surface area contributed by atoms with Crippen molar-refractivity contribution in [3.05, 3.63) is 31.4 Å². The van der Waals surface area contributed by atoms with Gasteiger partial charge in [0.05, 0.1) is 9.21 Å². The number of halogens is 1. The van der Waals surface area contributed by atoms with Gasteiger partial charge in [0.2, 0.25) is 0 Å². The standard InChI is InChI=1S/C16H20ClN3OS2/c1-10(2)8-14-18-19-15(23-14)11-4-3-7-20(9-11)16(21)12-5-6-13(17)22-12/h5-6,10-11H,3-4,7-9H2,1-2H3. The third-order valence-corrected chi connectivity index (χ3v) is 6.23. The molecule has 2 aromatic rings. The van der Waals surface area contributed by atoms with Gasteiger partial charge in [-0.1, -0.05) is 25.4 Å². The molecule has 1 amide bonds. The number of carbonyl (C=O) groups is 1. The van der Waals surface area contributed by atoms with Gasteiger partial charge in [0.25, 0.3) is 5.91 Å². The molecule has 1 unspecified atom stereocenters. The van der Waals surface area contributed by atoms with Crippen LogP contribution < -0.4 is 0 Å². The van der Waals surface area contributed by atoms with Crippen LogP contribution in [0, 0.1) is 5.92 Å². The molecule has 0 radical (unpaired) electrons. The molecule has 1 fully saturated rings. The zero-order chi connectivity index (χ0) is 16.4. The Morgan fingerprint density at radius 1 is 1.39 bits per heavy atom. The molecule has 4 nitrogen and oxygen atoms in total. The molecule has 23 heavy (non-hydrogen) atoms. The number of aromatic nitrogens is 2. The lowest BCUT2D eigenvalue weighted by Crippen LogP contribution is -2.38. The molecule has 3 heterocycles. The number of piperidine rings is 1. The van der Waals surface area contributed by atoms with Gasteiger partial charge in [0.15, 0.2) is 0 Å². The summed E-state index contributed by atoms with van der Waals surface area (Å²) in [6.45, 7) is 5.91. The summed E-state index contributed by atoms with van der Waals surface area (Å²) in [7, 11) is 0. The van der Waals surface area contributed by atoms with Crippen LogP contribution in [-0.2, 0) is 6.42 Å². The Morgan fingerprint density at radius 2 is 2.22 bits per heavy atom. The minimum Gasteiger partial charge on any atom is -0.337 e. The van der Waals surface area contributed by atoms with Crippen molar-refractivity contribution in [2.45, 2.75) is 39.0 Å². The Balaban J connectivity index is 1.68. The molecule has 0 aromatic carbocycles. The fraction of sp³-hybridized carbons (Fsp3) is 0.562. The van der Waals surface area contributed by atoms with Crippen LogP contribution >= 0.6 is 34.3 Å². The highest BCUT2D eigenvalue weighted by Crippen LogP contribution is 2.31. The maximum absolute atomic E-state index is 12.6. The van der Waals surface area contributed by atoms with E-state index in [1.54, 1.807) is 17.4 Å². The Bertz CT molecular complexity index is 682. The molecule has 2 aromatic heterocycles. The van der Waals surface area contributed by atoms with Crippen LogP contribution in [0.5, 0.6) is 0 Å². The second kappa shape index (κ2) is 7.28. The molecule has 1 aliphatic heterocycles. The zero-order valence-electron chi connectivity index (χ0n) is 13.3. The number of carbonyl (C=O) groups excluding carboxylic acids is 1. The summed E-state index contributed by atoms with van der Waals surface area (Å²) in [4.78, 5) is 15.2. The predicted molar refractivity (Wildman–Crippen MR) is 95.7 cm³/mol. The number of hydrogen-bond donors (Lipinski definition) is 0. The van der Waals surface area contributed by atoms with Crippen molar-refractivity contribution in [1.29, 1.82) is 0 Å². The Kier molecular flexibility index (Phi) is 5.34. The number of likely N-dealkylation sites (tertiary alicyclic amines) is 1. The van der Waals surface area contributed by atoms with E-state index in [1.807, 2.05) is 11.0 Å². The van der Waals surface area contributed by atoms with E-state index in [-0.39, 0.29) is 5.91 Å². The Hall–Kier alpha value is -0.980. The molecule has 0 aliphatic carbocycles. The lowest BCUT2D eigenvalue weighted by Gasteiger charge is -2.31. The van der Waals surface area contributed by atoms with Crippen molar-refractivity contribution in [2.75, 3.05) is 13.1 Å². The first-order chi connectivity index (χ1) is 11.0.